The second kappa shape index (κ2) is 9.61. The molecule has 0 unspecified atom stereocenters. The maximum Gasteiger partial charge on any atom is 0.234 e. The van der Waals surface area contributed by atoms with Crippen molar-refractivity contribution in [1.82, 2.24) is 19.7 Å². The van der Waals surface area contributed by atoms with Gasteiger partial charge >= 0.3 is 0 Å². The van der Waals surface area contributed by atoms with E-state index in [1.165, 1.54) is 11.8 Å². The molecule has 3 heterocycles. The van der Waals surface area contributed by atoms with Crippen LogP contribution in [0.3, 0.4) is 0 Å². The molecule has 0 atom stereocenters. The van der Waals surface area contributed by atoms with Gasteiger partial charge in [-0.25, -0.2) is 0 Å². The summed E-state index contributed by atoms with van der Waals surface area (Å²) < 4.78 is 7.45. The molecule has 0 aliphatic carbocycles. The van der Waals surface area contributed by atoms with E-state index in [-0.39, 0.29) is 11.7 Å². The van der Waals surface area contributed by atoms with Crippen LogP contribution in [0.5, 0.6) is 0 Å². The number of para-hydroxylation sites is 1. The van der Waals surface area contributed by atoms with Gasteiger partial charge in [0.2, 0.25) is 5.91 Å². The lowest BCUT2D eigenvalue weighted by molar-refractivity contribution is -0.113. The number of furan rings is 1. The van der Waals surface area contributed by atoms with Gasteiger partial charge in [-0.2, -0.15) is 0 Å². The van der Waals surface area contributed by atoms with Crippen LogP contribution in [0.4, 0.5) is 5.69 Å². The Morgan fingerprint density at radius 1 is 1.13 bits per heavy atom. The van der Waals surface area contributed by atoms with E-state index in [0.29, 0.717) is 23.4 Å². The van der Waals surface area contributed by atoms with Gasteiger partial charge in [-0.3, -0.25) is 14.3 Å². The van der Waals surface area contributed by atoms with Crippen molar-refractivity contribution in [1.29, 1.82) is 0 Å². The van der Waals surface area contributed by atoms with Gasteiger partial charge in [0.15, 0.2) is 11.0 Å². The first-order valence-corrected chi connectivity index (χ1v) is 11.0. The summed E-state index contributed by atoms with van der Waals surface area (Å²) >= 11 is 1.34. The third kappa shape index (κ3) is 5.03. The molecule has 1 aromatic carbocycles. The van der Waals surface area contributed by atoms with Crippen LogP contribution in [-0.2, 0) is 11.3 Å². The van der Waals surface area contributed by atoms with E-state index in [2.05, 4.69) is 34.3 Å². The number of carbonyl (C=O) groups is 1. The van der Waals surface area contributed by atoms with Crippen molar-refractivity contribution in [2.24, 2.45) is 0 Å². The minimum atomic E-state index is -0.0893. The van der Waals surface area contributed by atoms with Crippen molar-refractivity contribution >= 4 is 23.4 Å². The third-order valence-corrected chi connectivity index (χ3v) is 5.69. The second-order valence-corrected chi connectivity index (χ2v) is 8.23. The fraction of sp³-hybridized carbons (Fsp3) is 0.217. The molecule has 0 spiro atoms. The number of hydrogen-bond acceptors (Lipinski definition) is 6. The summed E-state index contributed by atoms with van der Waals surface area (Å²) in [6, 6.07) is 15.4. The Hall–Kier alpha value is -3.39. The number of thioether (sulfide) groups is 1. The molecule has 158 valence electrons. The zero-order chi connectivity index (χ0) is 21.6. The Labute approximate surface area is 184 Å². The molecule has 0 radical (unpaired) electrons. The van der Waals surface area contributed by atoms with Crippen molar-refractivity contribution in [2.75, 3.05) is 11.1 Å². The highest BCUT2D eigenvalue weighted by atomic mass is 32.2. The predicted octanol–water partition coefficient (Wildman–Crippen LogP) is 4.84. The molecular formula is C23H23N5O2S. The number of nitrogens with one attached hydrogen (secondary N) is 1. The molecule has 31 heavy (non-hydrogen) atoms. The maximum atomic E-state index is 12.6. The minimum Gasteiger partial charge on any atom is -0.467 e. The largest absolute Gasteiger partial charge is 0.467 e. The molecule has 7 nitrogen and oxygen atoms in total. The normalized spacial score (nSPS) is 11.1. The van der Waals surface area contributed by atoms with Crippen LogP contribution in [0.25, 0.3) is 11.4 Å². The maximum absolute atomic E-state index is 12.6. The number of carbonyl (C=O) groups excluding carboxylic acids is 1. The Balaban J connectivity index is 1.52. The smallest absolute Gasteiger partial charge is 0.234 e. The quantitative estimate of drug-likeness (QED) is 0.400. The number of pyridine rings is 1. The van der Waals surface area contributed by atoms with Crippen molar-refractivity contribution in [3.8, 4) is 11.4 Å². The van der Waals surface area contributed by atoms with Gasteiger partial charge < -0.3 is 9.73 Å². The number of hydrogen-bond donors (Lipinski definition) is 1. The highest BCUT2D eigenvalue weighted by molar-refractivity contribution is 7.99. The molecular weight excluding hydrogens is 410 g/mol. The number of aromatic nitrogens is 4. The predicted molar refractivity (Wildman–Crippen MR) is 121 cm³/mol. The molecule has 4 aromatic rings. The SMILES string of the molecule is CC(C)c1ccccc1NC(=O)CSc1nnc(-c2cccnc2)n1Cc1ccco1. The summed E-state index contributed by atoms with van der Waals surface area (Å²) in [5.41, 5.74) is 2.81. The van der Waals surface area contributed by atoms with Crippen LogP contribution < -0.4 is 5.32 Å². The lowest BCUT2D eigenvalue weighted by atomic mass is 10.0. The fourth-order valence-electron chi connectivity index (χ4n) is 3.24. The van der Waals surface area contributed by atoms with Gasteiger partial charge in [-0.1, -0.05) is 43.8 Å². The Morgan fingerprint density at radius 2 is 2.00 bits per heavy atom. The number of anilines is 1. The summed E-state index contributed by atoms with van der Waals surface area (Å²) in [5, 5.41) is 12.3. The molecule has 0 aliphatic rings. The van der Waals surface area contributed by atoms with Crippen LogP contribution in [0.2, 0.25) is 0 Å². The highest BCUT2D eigenvalue weighted by Gasteiger charge is 2.17. The Bertz CT molecular complexity index is 1140. The number of benzene rings is 1. The molecule has 1 amide bonds. The molecule has 1 N–H and O–H groups in total. The van der Waals surface area contributed by atoms with Crippen LogP contribution in [0, 0.1) is 0 Å². The van der Waals surface area contributed by atoms with E-state index in [0.717, 1.165) is 22.6 Å². The standard InChI is InChI=1S/C23H23N5O2S/c1-16(2)19-9-3-4-10-20(19)25-21(29)15-31-23-27-26-22(17-7-5-11-24-13-17)28(23)14-18-8-6-12-30-18/h3-13,16H,14-15H2,1-2H3,(H,25,29). The third-order valence-electron chi connectivity index (χ3n) is 4.72. The average Bonchev–Trinajstić information content (AvgIpc) is 3.43. The first-order valence-electron chi connectivity index (χ1n) is 9.99. The second-order valence-electron chi connectivity index (χ2n) is 7.29. The van der Waals surface area contributed by atoms with E-state index < -0.39 is 0 Å². The lowest BCUT2D eigenvalue weighted by Gasteiger charge is -2.13. The van der Waals surface area contributed by atoms with E-state index in [1.54, 1.807) is 18.7 Å². The Morgan fingerprint density at radius 3 is 2.74 bits per heavy atom. The van der Waals surface area contributed by atoms with E-state index in [1.807, 2.05) is 53.1 Å². The first-order chi connectivity index (χ1) is 15.1. The summed E-state index contributed by atoms with van der Waals surface area (Å²) in [5.74, 6) is 1.91. The lowest BCUT2D eigenvalue weighted by Crippen LogP contribution is -2.16. The van der Waals surface area contributed by atoms with Crippen LogP contribution in [0.1, 0.15) is 31.1 Å². The molecule has 0 fully saturated rings. The number of rotatable bonds is 8. The van der Waals surface area contributed by atoms with Gasteiger partial charge in [0.1, 0.15) is 5.76 Å². The van der Waals surface area contributed by atoms with Crippen molar-refractivity contribution in [2.45, 2.75) is 31.5 Å². The summed E-state index contributed by atoms with van der Waals surface area (Å²) in [7, 11) is 0. The molecule has 4 rings (SSSR count). The molecule has 0 saturated carbocycles. The van der Waals surface area contributed by atoms with Crippen molar-refractivity contribution < 1.29 is 9.21 Å². The van der Waals surface area contributed by atoms with Crippen molar-refractivity contribution in [3.63, 3.8) is 0 Å². The fourth-order valence-corrected chi connectivity index (χ4v) is 3.97. The van der Waals surface area contributed by atoms with E-state index in [9.17, 15) is 4.79 Å². The van der Waals surface area contributed by atoms with Crippen LogP contribution in [0.15, 0.2) is 76.8 Å². The zero-order valence-electron chi connectivity index (χ0n) is 17.4. The van der Waals surface area contributed by atoms with Gasteiger partial charge in [0.25, 0.3) is 0 Å². The topological polar surface area (TPSA) is 85.8 Å². The van der Waals surface area contributed by atoms with Crippen LogP contribution >= 0.6 is 11.8 Å². The molecule has 0 saturated heterocycles. The number of nitrogens with zero attached hydrogens (tertiary/aromatic N) is 4. The first kappa shape index (κ1) is 20.9. The van der Waals surface area contributed by atoms with Gasteiger partial charge in [0, 0.05) is 23.6 Å². The minimum absolute atomic E-state index is 0.0893. The molecule has 3 aromatic heterocycles. The summed E-state index contributed by atoms with van der Waals surface area (Å²) in [6.07, 6.45) is 5.09. The van der Waals surface area contributed by atoms with Gasteiger partial charge in [-0.05, 0) is 41.8 Å². The van der Waals surface area contributed by atoms with E-state index >= 15 is 0 Å². The molecule has 8 heteroatoms. The van der Waals surface area contributed by atoms with Crippen LogP contribution in [-0.4, -0.2) is 31.4 Å². The van der Waals surface area contributed by atoms with E-state index in [4.69, 9.17) is 4.42 Å². The van der Waals surface area contributed by atoms with Gasteiger partial charge in [0.05, 0.1) is 18.6 Å². The molecule has 0 bridgehead atoms. The van der Waals surface area contributed by atoms with Crippen molar-refractivity contribution in [3.05, 3.63) is 78.5 Å². The Kier molecular flexibility index (Phi) is 6.47. The zero-order valence-corrected chi connectivity index (χ0v) is 18.2. The monoisotopic (exact) mass is 433 g/mol. The summed E-state index contributed by atoms with van der Waals surface area (Å²) in [6.45, 7) is 4.68. The molecule has 0 aliphatic heterocycles. The highest BCUT2D eigenvalue weighted by Crippen LogP contribution is 2.26. The average molecular weight is 434 g/mol. The summed E-state index contributed by atoms with van der Waals surface area (Å²) in [4.78, 5) is 16.8. The van der Waals surface area contributed by atoms with Gasteiger partial charge in [-0.15, -0.1) is 10.2 Å². The number of amides is 1.